The predicted molar refractivity (Wildman–Crippen MR) is 118 cm³/mol. The van der Waals surface area contributed by atoms with Crippen molar-refractivity contribution >= 4 is 5.96 Å². The molecule has 0 saturated heterocycles. The smallest absolute Gasteiger partial charge is 0.231 e. The van der Waals surface area contributed by atoms with Crippen molar-refractivity contribution < 1.29 is 9.47 Å². The molecule has 0 bridgehead atoms. The second-order valence-electron chi connectivity index (χ2n) is 7.07. The molecule has 2 aromatic rings. The van der Waals surface area contributed by atoms with Crippen molar-refractivity contribution in [3.05, 3.63) is 59.2 Å². The summed E-state index contributed by atoms with van der Waals surface area (Å²) in [5.74, 6) is 2.46. The summed E-state index contributed by atoms with van der Waals surface area (Å²) in [6.07, 6.45) is 0.886. The van der Waals surface area contributed by atoms with E-state index in [0.29, 0.717) is 6.79 Å². The van der Waals surface area contributed by atoms with Gasteiger partial charge in [0.1, 0.15) is 0 Å². The van der Waals surface area contributed by atoms with Crippen LogP contribution in [0.2, 0.25) is 0 Å². The zero-order chi connectivity index (χ0) is 20.5. The third kappa shape index (κ3) is 6.12. The number of fused-ring (bicyclic) bond motifs is 1. The molecule has 0 atom stereocenters. The van der Waals surface area contributed by atoms with Crippen molar-refractivity contribution in [1.82, 2.24) is 15.5 Å². The molecule has 3 rings (SSSR count). The lowest BCUT2D eigenvalue weighted by atomic mass is 10.1. The van der Waals surface area contributed by atoms with Gasteiger partial charge in [0.05, 0.1) is 0 Å². The third-order valence-electron chi connectivity index (χ3n) is 5.12. The minimum Gasteiger partial charge on any atom is -0.454 e. The molecule has 0 aliphatic carbocycles. The molecule has 6 heteroatoms. The van der Waals surface area contributed by atoms with E-state index < -0.39 is 0 Å². The lowest BCUT2D eigenvalue weighted by Crippen LogP contribution is -2.37. The summed E-state index contributed by atoms with van der Waals surface area (Å²) in [5, 5.41) is 6.78. The normalized spacial score (nSPS) is 13.0. The summed E-state index contributed by atoms with van der Waals surface area (Å²) >= 11 is 0. The monoisotopic (exact) mass is 396 g/mol. The number of nitrogens with zero attached hydrogens (tertiary/aromatic N) is 2. The summed E-state index contributed by atoms with van der Waals surface area (Å²) in [6, 6.07) is 14.8. The highest BCUT2D eigenvalue weighted by Crippen LogP contribution is 2.32. The van der Waals surface area contributed by atoms with E-state index in [1.54, 1.807) is 7.05 Å². The van der Waals surface area contributed by atoms with Crippen molar-refractivity contribution in [3.63, 3.8) is 0 Å². The van der Waals surface area contributed by atoms with Crippen LogP contribution in [0.4, 0.5) is 0 Å². The molecule has 0 aromatic heterocycles. The number of hydrogen-bond acceptors (Lipinski definition) is 4. The van der Waals surface area contributed by atoms with Crippen molar-refractivity contribution in [2.24, 2.45) is 4.99 Å². The lowest BCUT2D eigenvalue weighted by Gasteiger charge is -2.18. The van der Waals surface area contributed by atoms with Crippen molar-refractivity contribution in [2.75, 3.05) is 33.5 Å². The van der Waals surface area contributed by atoms with E-state index in [1.807, 2.05) is 12.1 Å². The largest absolute Gasteiger partial charge is 0.454 e. The quantitative estimate of drug-likeness (QED) is 0.504. The molecule has 1 aliphatic heterocycles. The van der Waals surface area contributed by atoms with Gasteiger partial charge in [0, 0.05) is 26.7 Å². The van der Waals surface area contributed by atoms with Crippen molar-refractivity contribution in [1.29, 1.82) is 0 Å². The Morgan fingerprint density at radius 3 is 2.55 bits per heavy atom. The maximum Gasteiger partial charge on any atom is 0.231 e. The van der Waals surface area contributed by atoms with Gasteiger partial charge >= 0.3 is 0 Å². The molecular weight excluding hydrogens is 364 g/mol. The third-order valence-corrected chi connectivity index (χ3v) is 5.12. The Balaban J connectivity index is 1.45. The van der Waals surface area contributed by atoms with E-state index in [0.717, 1.165) is 56.6 Å². The maximum absolute atomic E-state index is 5.44. The average molecular weight is 397 g/mol. The van der Waals surface area contributed by atoms with Crippen LogP contribution in [0.3, 0.4) is 0 Å². The Labute approximate surface area is 173 Å². The first kappa shape index (κ1) is 21.0. The topological polar surface area (TPSA) is 58.1 Å². The fraction of sp³-hybridized carbons (Fsp3) is 0.435. The number of nitrogens with one attached hydrogen (secondary N) is 2. The molecule has 0 amide bonds. The summed E-state index contributed by atoms with van der Waals surface area (Å²) < 4.78 is 10.8. The Morgan fingerprint density at radius 1 is 0.966 bits per heavy atom. The highest BCUT2D eigenvalue weighted by molar-refractivity contribution is 5.79. The molecule has 2 N–H and O–H groups in total. The molecule has 0 saturated carbocycles. The van der Waals surface area contributed by atoms with Gasteiger partial charge in [-0.3, -0.25) is 9.89 Å². The minimum absolute atomic E-state index is 0.309. The predicted octanol–water partition coefficient (Wildman–Crippen LogP) is 3.16. The van der Waals surface area contributed by atoms with Gasteiger partial charge < -0.3 is 20.1 Å². The first-order valence-electron chi connectivity index (χ1n) is 10.3. The van der Waals surface area contributed by atoms with E-state index in [9.17, 15) is 0 Å². The number of benzene rings is 2. The molecule has 0 fully saturated rings. The van der Waals surface area contributed by atoms with Crippen LogP contribution in [0.15, 0.2) is 47.5 Å². The van der Waals surface area contributed by atoms with Crippen LogP contribution in [-0.4, -0.2) is 44.3 Å². The molecule has 6 nitrogen and oxygen atoms in total. The van der Waals surface area contributed by atoms with Gasteiger partial charge in [-0.2, -0.15) is 0 Å². The van der Waals surface area contributed by atoms with Gasteiger partial charge in [-0.05, 0) is 48.3 Å². The van der Waals surface area contributed by atoms with Crippen molar-refractivity contribution in [3.8, 4) is 11.5 Å². The van der Waals surface area contributed by atoms with Crippen LogP contribution < -0.4 is 20.1 Å². The van der Waals surface area contributed by atoms with Gasteiger partial charge in [0.15, 0.2) is 17.5 Å². The van der Waals surface area contributed by atoms with Crippen LogP contribution in [0, 0.1) is 0 Å². The molecule has 0 unspecified atom stereocenters. The van der Waals surface area contributed by atoms with Crippen LogP contribution in [-0.2, 0) is 19.5 Å². The molecule has 2 aromatic carbocycles. The molecule has 0 spiro atoms. The lowest BCUT2D eigenvalue weighted by molar-refractivity contribution is 0.174. The zero-order valence-corrected chi connectivity index (χ0v) is 17.7. The summed E-state index contributed by atoms with van der Waals surface area (Å²) in [4.78, 5) is 6.75. The van der Waals surface area contributed by atoms with E-state index in [1.165, 1.54) is 16.7 Å². The van der Waals surface area contributed by atoms with Gasteiger partial charge in [0.2, 0.25) is 6.79 Å². The number of hydrogen-bond donors (Lipinski definition) is 2. The SMILES string of the molecule is CCN(CC)Cc1cccc(CNC(=NC)NCCc2ccc3c(c2)OCO3)c1. The van der Waals surface area contributed by atoms with Gasteiger partial charge in [-0.1, -0.05) is 44.2 Å². The summed E-state index contributed by atoms with van der Waals surface area (Å²) in [6.45, 7) is 9.38. The summed E-state index contributed by atoms with van der Waals surface area (Å²) in [7, 11) is 1.80. The zero-order valence-electron chi connectivity index (χ0n) is 17.7. The fourth-order valence-electron chi connectivity index (χ4n) is 3.37. The number of rotatable bonds is 9. The second-order valence-corrected chi connectivity index (χ2v) is 7.07. The first-order chi connectivity index (χ1) is 14.2. The van der Waals surface area contributed by atoms with Crippen LogP contribution in [0.25, 0.3) is 0 Å². The standard InChI is InChI=1S/C23H32N4O2/c1-4-27(5-2)16-20-8-6-7-19(13-20)15-26-23(24-3)25-12-11-18-9-10-21-22(14-18)29-17-28-21/h6-10,13-14H,4-5,11-12,15-17H2,1-3H3,(H2,24,25,26). The maximum atomic E-state index is 5.44. The molecule has 29 heavy (non-hydrogen) atoms. The number of guanidine groups is 1. The Morgan fingerprint density at radius 2 is 1.76 bits per heavy atom. The molecule has 0 radical (unpaired) electrons. The molecule has 156 valence electrons. The van der Waals surface area contributed by atoms with Crippen LogP contribution in [0.5, 0.6) is 11.5 Å². The van der Waals surface area contributed by atoms with E-state index in [4.69, 9.17) is 9.47 Å². The fourth-order valence-corrected chi connectivity index (χ4v) is 3.37. The van der Waals surface area contributed by atoms with Crippen LogP contribution >= 0.6 is 0 Å². The first-order valence-corrected chi connectivity index (χ1v) is 10.3. The van der Waals surface area contributed by atoms with E-state index in [-0.39, 0.29) is 0 Å². The van der Waals surface area contributed by atoms with E-state index >= 15 is 0 Å². The Kier molecular flexibility index (Phi) is 7.76. The highest BCUT2D eigenvalue weighted by atomic mass is 16.7. The van der Waals surface area contributed by atoms with Gasteiger partial charge in [-0.15, -0.1) is 0 Å². The highest BCUT2D eigenvalue weighted by Gasteiger charge is 2.13. The average Bonchev–Trinajstić information content (AvgIpc) is 3.22. The minimum atomic E-state index is 0.309. The van der Waals surface area contributed by atoms with Crippen molar-refractivity contribution in [2.45, 2.75) is 33.4 Å². The molecule has 1 heterocycles. The molecular formula is C23H32N4O2. The number of ether oxygens (including phenoxy) is 2. The van der Waals surface area contributed by atoms with Gasteiger partial charge in [-0.25, -0.2) is 0 Å². The molecule has 1 aliphatic rings. The summed E-state index contributed by atoms with van der Waals surface area (Å²) in [5.41, 5.74) is 3.81. The van der Waals surface area contributed by atoms with Gasteiger partial charge in [0.25, 0.3) is 0 Å². The second kappa shape index (κ2) is 10.7. The Bertz CT molecular complexity index is 818. The van der Waals surface area contributed by atoms with Crippen LogP contribution in [0.1, 0.15) is 30.5 Å². The number of aliphatic imine (C=N–C) groups is 1. The Hall–Kier alpha value is -2.73. The van der Waals surface area contributed by atoms with E-state index in [2.05, 4.69) is 64.7 Å².